The molecule has 1 aromatic heterocycles. The summed E-state index contributed by atoms with van der Waals surface area (Å²) in [6.07, 6.45) is 0. The molecule has 1 rings (SSSR count). The molecule has 0 aliphatic heterocycles. The summed E-state index contributed by atoms with van der Waals surface area (Å²) >= 11 is 3.60. The first kappa shape index (κ1) is 11.9. The van der Waals surface area contributed by atoms with E-state index in [1.165, 1.54) is 11.3 Å². The third kappa shape index (κ3) is 2.93. The SMILES string of the molecule is CC(N)C(C)NC(=O)c1sccc1I. The molecule has 1 heterocycles. The molecule has 0 aromatic carbocycles. The molecule has 3 N–H and O–H groups in total. The molecule has 78 valence electrons. The maximum atomic E-state index is 11.7. The van der Waals surface area contributed by atoms with E-state index in [4.69, 9.17) is 5.73 Å². The van der Waals surface area contributed by atoms with Gasteiger partial charge in [0.15, 0.2) is 0 Å². The first-order valence-corrected chi connectivity index (χ1v) is 6.27. The smallest absolute Gasteiger partial charge is 0.262 e. The summed E-state index contributed by atoms with van der Waals surface area (Å²) in [4.78, 5) is 12.4. The second kappa shape index (κ2) is 5.09. The Morgan fingerprint density at radius 3 is 2.71 bits per heavy atom. The first-order chi connectivity index (χ1) is 6.52. The van der Waals surface area contributed by atoms with Crippen LogP contribution in [0.25, 0.3) is 0 Å². The van der Waals surface area contributed by atoms with Crippen molar-refractivity contribution in [3.8, 4) is 0 Å². The van der Waals surface area contributed by atoms with E-state index < -0.39 is 0 Å². The highest BCUT2D eigenvalue weighted by Crippen LogP contribution is 2.18. The van der Waals surface area contributed by atoms with Crippen LogP contribution >= 0.6 is 33.9 Å². The van der Waals surface area contributed by atoms with Crippen molar-refractivity contribution in [2.45, 2.75) is 25.9 Å². The minimum Gasteiger partial charge on any atom is -0.347 e. The van der Waals surface area contributed by atoms with Gasteiger partial charge < -0.3 is 11.1 Å². The molecular formula is C9H13IN2OS. The lowest BCUT2D eigenvalue weighted by Crippen LogP contribution is -2.43. The minimum atomic E-state index is -0.0331. The van der Waals surface area contributed by atoms with E-state index in [1.54, 1.807) is 0 Å². The maximum absolute atomic E-state index is 11.7. The number of rotatable bonds is 3. The molecule has 1 aromatic rings. The lowest BCUT2D eigenvalue weighted by molar-refractivity contribution is 0.0939. The number of halogens is 1. The molecule has 3 nitrogen and oxygen atoms in total. The van der Waals surface area contributed by atoms with Crippen molar-refractivity contribution in [3.05, 3.63) is 19.9 Å². The summed E-state index contributed by atoms with van der Waals surface area (Å²) in [6.45, 7) is 3.79. The van der Waals surface area contributed by atoms with Crippen LogP contribution in [-0.4, -0.2) is 18.0 Å². The third-order valence-electron chi connectivity index (χ3n) is 1.97. The van der Waals surface area contributed by atoms with Gasteiger partial charge in [0.1, 0.15) is 4.88 Å². The zero-order chi connectivity index (χ0) is 10.7. The lowest BCUT2D eigenvalue weighted by atomic mass is 10.2. The number of nitrogens with one attached hydrogen (secondary N) is 1. The quantitative estimate of drug-likeness (QED) is 0.834. The van der Waals surface area contributed by atoms with Crippen LogP contribution in [0.2, 0.25) is 0 Å². The average Bonchev–Trinajstić information content (AvgIpc) is 2.51. The van der Waals surface area contributed by atoms with E-state index in [9.17, 15) is 4.79 Å². The van der Waals surface area contributed by atoms with Crippen molar-refractivity contribution in [1.29, 1.82) is 0 Å². The third-order valence-corrected chi connectivity index (χ3v) is 4.15. The van der Waals surface area contributed by atoms with Crippen LogP contribution in [0.15, 0.2) is 11.4 Å². The van der Waals surface area contributed by atoms with Gasteiger partial charge in [0.25, 0.3) is 5.91 Å². The molecule has 0 aliphatic carbocycles. The van der Waals surface area contributed by atoms with Crippen molar-refractivity contribution in [2.24, 2.45) is 5.73 Å². The van der Waals surface area contributed by atoms with Gasteiger partial charge in [0, 0.05) is 15.7 Å². The van der Waals surface area contributed by atoms with Crippen molar-refractivity contribution in [3.63, 3.8) is 0 Å². The highest BCUT2D eigenvalue weighted by Gasteiger charge is 2.15. The standard InChI is InChI=1S/C9H13IN2OS/c1-5(11)6(2)12-9(13)8-7(10)3-4-14-8/h3-6H,11H2,1-2H3,(H,12,13). The molecule has 0 saturated heterocycles. The van der Waals surface area contributed by atoms with Gasteiger partial charge in [-0.15, -0.1) is 11.3 Å². The largest absolute Gasteiger partial charge is 0.347 e. The van der Waals surface area contributed by atoms with E-state index in [-0.39, 0.29) is 18.0 Å². The molecule has 2 atom stereocenters. The van der Waals surface area contributed by atoms with Gasteiger partial charge in [-0.1, -0.05) is 0 Å². The molecule has 0 fully saturated rings. The fourth-order valence-corrected chi connectivity index (χ4v) is 2.60. The summed E-state index contributed by atoms with van der Waals surface area (Å²) in [6, 6.07) is 1.90. The Hall–Kier alpha value is -0.140. The summed E-state index contributed by atoms with van der Waals surface area (Å²) in [5.41, 5.74) is 5.66. The topological polar surface area (TPSA) is 55.1 Å². The molecule has 0 saturated carbocycles. The van der Waals surface area contributed by atoms with Gasteiger partial charge in [0.2, 0.25) is 0 Å². The van der Waals surface area contributed by atoms with Gasteiger partial charge in [-0.25, -0.2) is 0 Å². The zero-order valence-electron chi connectivity index (χ0n) is 8.08. The second-order valence-corrected chi connectivity index (χ2v) is 5.30. The van der Waals surface area contributed by atoms with Crippen LogP contribution < -0.4 is 11.1 Å². The molecular weight excluding hydrogens is 311 g/mol. The normalized spacial score (nSPS) is 14.9. The number of nitrogens with two attached hydrogens (primary N) is 1. The predicted octanol–water partition coefficient (Wildman–Crippen LogP) is 1.82. The van der Waals surface area contributed by atoms with Crippen LogP contribution in [-0.2, 0) is 0 Å². The Morgan fingerprint density at radius 2 is 2.29 bits per heavy atom. The van der Waals surface area contributed by atoms with Gasteiger partial charge in [-0.2, -0.15) is 0 Å². The van der Waals surface area contributed by atoms with E-state index in [0.717, 1.165) is 8.45 Å². The molecule has 0 aliphatic rings. The van der Waals surface area contributed by atoms with Gasteiger partial charge >= 0.3 is 0 Å². The van der Waals surface area contributed by atoms with E-state index in [2.05, 4.69) is 27.9 Å². The minimum absolute atomic E-state index is 0.000370. The highest BCUT2D eigenvalue weighted by molar-refractivity contribution is 14.1. The summed E-state index contributed by atoms with van der Waals surface area (Å²) in [5.74, 6) is -0.0331. The number of hydrogen-bond acceptors (Lipinski definition) is 3. The number of thiophene rings is 1. The second-order valence-electron chi connectivity index (χ2n) is 3.22. The maximum Gasteiger partial charge on any atom is 0.262 e. The predicted molar refractivity (Wildman–Crippen MR) is 67.6 cm³/mol. The monoisotopic (exact) mass is 324 g/mol. The van der Waals surface area contributed by atoms with Gasteiger partial charge in [-0.3, -0.25) is 4.79 Å². The van der Waals surface area contributed by atoms with E-state index in [0.29, 0.717) is 0 Å². The van der Waals surface area contributed by atoms with Crippen molar-refractivity contribution >= 4 is 39.8 Å². The van der Waals surface area contributed by atoms with Crippen LogP contribution in [0.1, 0.15) is 23.5 Å². The molecule has 0 spiro atoms. The van der Waals surface area contributed by atoms with E-state index >= 15 is 0 Å². The highest BCUT2D eigenvalue weighted by atomic mass is 127. The Balaban J connectivity index is 2.64. The molecule has 5 heteroatoms. The number of carbonyl (C=O) groups is 1. The van der Waals surface area contributed by atoms with Crippen LogP contribution in [0, 0.1) is 3.57 Å². The Bertz CT molecular complexity index is 324. The first-order valence-electron chi connectivity index (χ1n) is 4.31. The van der Waals surface area contributed by atoms with Gasteiger partial charge in [0.05, 0.1) is 0 Å². The van der Waals surface area contributed by atoms with Crippen molar-refractivity contribution in [2.75, 3.05) is 0 Å². The zero-order valence-corrected chi connectivity index (χ0v) is 11.1. The molecule has 14 heavy (non-hydrogen) atoms. The summed E-state index contributed by atoms with van der Waals surface area (Å²) in [7, 11) is 0. The Morgan fingerprint density at radius 1 is 1.64 bits per heavy atom. The number of hydrogen-bond donors (Lipinski definition) is 2. The molecule has 0 bridgehead atoms. The average molecular weight is 324 g/mol. The van der Waals surface area contributed by atoms with Crippen molar-refractivity contribution in [1.82, 2.24) is 5.32 Å². The van der Waals surface area contributed by atoms with Crippen LogP contribution in [0.4, 0.5) is 0 Å². The Kier molecular flexibility index (Phi) is 4.33. The Labute approximate surface area is 101 Å². The molecule has 0 radical (unpaired) electrons. The van der Waals surface area contributed by atoms with Crippen LogP contribution in [0.3, 0.4) is 0 Å². The number of amides is 1. The van der Waals surface area contributed by atoms with E-state index in [1.807, 2.05) is 25.3 Å². The fraction of sp³-hybridized carbons (Fsp3) is 0.444. The lowest BCUT2D eigenvalue weighted by Gasteiger charge is -2.16. The fourth-order valence-electron chi connectivity index (χ4n) is 0.860. The van der Waals surface area contributed by atoms with Gasteiger partial charge in [-0.05, 0) is 47.9 Å². The van der Waals surface area contributed by atoms with Crippen molar-refractivity contribution < 1.29 is 4.79 Å². The van der Waals surface area contributed by atoms with Crippen LogP contribution in [0.5, 0.6) is 0 Å². The molecule has 2 unspecified atom stereocenters. The summed E-state index contributed by atoms with van der Waals surface area (Å²) < 4.78 is 0.988. The molecule has 1 amide bonds. The summed E-state index contributed by atoms with van der Waals surface area (Å²) in [5, 5.41) is 4.77. The number of carbonyl (C=O) groups excluding carboxylic acids is 1.